The average Bonchev–Trinajstić information content (AvgIpc) is 3.16. The number of nitrogens with zero attached hydrogens (tertiary/aromatic N) is 1. The molecule has 0 unspecified atom stereocenters. The van der Waals surface area contributed by atoms with Gasteiger partial charge in [-0.3, -0.25) is 10.4 Å². The van der Waals surface area contributed by atoms with Crippen LogP contribution in [-0.4, -0.2) is 18.5 Å². The summed E-state index contributed by atoms with van der Waals surface area (Å²) in [6.45, 7) is 2.09. The Morgan fingerprint density at radius 2 is 1.88 bits per heavy atom. The number of hydrogen-bond donors (Lipinski definition) is 1. The minimum absolute atomic E-state index is 0.545. The summed E-state index contributed by atoms with van der Waals surface area (Å²) < 4.78 is 0. The van der Waals surface area contributed by atoms with E-state index in [2.05, 4.69) is 65.8 Å². The number of thiophene rings is 1. The molecule has 2 aromatic rings. The average molecular weight is 344 g/mol. The first-order valence-corrected chi connectivity index (χ1v) is 9.40. The predicted molar refractivity (Wildman–Crippen MR) is 109 cm³/mol. The van der Waals surface area contributed by atoms with E-state index in [1.807, 2.05) is 0 Å². The smallest absolute Gasteiger partial charge is 0.0919 e. The van der Waals surface area contributed by atoms with Crippen molar-refractivity contribution in [2.24, 2.45) is 4.99 Å². The highest BCUT2D eigenvalue weighted by Crippen LogP contribution is 2.42. The van der Waals surface area contributed by atoms with Gasteiger partial charge >= 0.3 is 0 Å². The third-order valence-electron chi connectivity index (χ3n) is 4.80. The van der Waals surface area contributed by atoms with Crippen LogP contribution in [0.15, 0.2) is 70.1 Å². The largest absolute Gasteiger partial charge is 0.298 e. The van der Waals surface area contributed by atoms with E-state index in [0.29, 0.717) is 5.71 Å². The molecule has 0 amide bonds. The number of aliphatic imine (C=N–C) groups is 1. The van der Waals surface area contributed by atoms with E-state index in [9.17, 15) is 0 Å². The maximum atomic E-state index is 8.91. The molecule has 25 heavy (non-hydrogen) atoms. The van der Waals surface area contributed by atoms with E-state index in [0.717, 1.165) is 35.3 Å². The Balaban J connectivity index is 2.03. The topological polar surface area (TPSA) is 36.2 Å². The van der Waals surface area contributed by atoms with Crippen molar-refractivity contribution in [2.75, 3.05) is 7.05 Å². The van der Waals surface area contributed by atoms with Crippen LogP contribution in [0.2, 0.25) is 0 Å². The highest BCUT2D eigenvalue weighted by Gasteiger charge is 2.31. The monoisotopic (exact) mass is 344 g/mol. The minimum Gasteiger partial charge on any atom is -0.298 e. The second-order valence-electron chi connectivity index (χ2n) is 6.37. The van der Waals surface area contributed by atoms with E-state index in [-0.39, 0.29) is 0 Å². The zero-order valence-corrected chi connectivity index (χ0v) is 15.3. The van der Waals surface area contributed by atoms with E-state index in [4.69, 9.17) is 5.41 Å². The van der Waals surface area contributed by atoms with Gasteiger partial charge in [0.05, 0.1) is 11.4 Å². The lowest BCUT2D eigenvalue weighted by Gasteiger charge is -2.29. The normalized spacial score (nSPS) is 19.0. The van der Waals surface area contributed by atoms with Crippen molar-refractivity contribution in [3.8, 4) is 0 Å². The van der Waals surface area contributed by atoms with Gasteiger partial charge in [-0.25, -0.2) is 0 Å². The molecule has 4 rings (SSSR count). The molecule has 2 aliphatic rings. The fraction of sp³-hybridized carbons (Fsp3) is 0.182. The first kappa shape index (κ1) is 16.0. The molecule has 0 bridgehead atoms. The SMILES string of the molecule is CN=C1C(=N)C(c2ccc(C)cc2)=C2CCC=CC2=C1c1cccs1. The van der Waals surface area contributed by atoms with Crippen molar-refractivity contribution >= 4 is 33.9 Å². The van der Waals surface area contributed by atoms with Crippen molar-refractivity contribution in [1.82, 2.24) is 0 Å². The van der Waals surface area contributed by atoms with Gasteiger partial charge in [0.25, 0.3) is 0 Å². The molecule has 0 saturated carbocycles. The fourth-order valence-electron chi connectivity index (χ4n) is 3.61. The highest BCUT2D eigenvalue weighted by molar-refractivity contribution is 7.12. The molecular formula is C22H20N2S. The first-order chi connectivity index (χ1) is 12.2. The van der Waals surface area contributed by atoms with Crippen molar-refractivity contribution < 1.29 is 0 Å². The van der Waals surface area contributed by atoms with Gasteiger partial charge in [-0.1, -0.05) is 48.0 Å². The molecule has 3 heteroatoms. The van der Waals surface area contributed by atoms with Crippen molar-refractivity contribution in [3.05, 3.63) is 81.1 Å². The Hall–Kier alpha value is -2.52. The Morgan fingerprint density at radius 3 is 2.56 bits per heavy atom. The molecule has 2 nitrogen and oxygen atoms in total. The summed E-state index contributed by atoms with van der Waals surface area (Å²) in [5, 5.41) is 11.0. The van der Waals surface area contributed by atoms with Crippen LogP contribution >= 0.6 is 11.3 Å². The lowest BCUT2D eigenvalue weighted by atomic mass is 9.76. The second kappa shape index (κ2) is 6.41. The third kappa shape index (κ3) is 2.65. The third-order valence-corrected chi connectivity index (χ3v) is 5.68. The van der Waals surface area contributed by atoms with Crippen molar-refractivity contribution in [2.45, 2.75) is 19.8 Å². The van der Waals surface area contributed by atoms with Crippen LogP contribution in [0, 0.1) is 12.3 Å². The van der Waals surface area contributed by atoms with E-state index < -0.39 is 0 Å². The predicted octanol–water partition coefficient (Wildman–Crippen LogP) is 5.72. The van der Waals surface area contributed by atoms with Crippen molar-refractivity contribution in [1.29, 1.82) is 5.41 Å². The van der Waals surface area contributed by atoms with Crippen LogP contribution in [0.5, 0.6) is 0 Å². The molecule has 1 aromatic carbocycles. The van der Waals surface area contributed by atoms with E-state index in [1.54, 1.807) is 18.4 Å². The van der Waals surface area contributed by atoms with Gasteiger partial charge in [0.1, 0.15) is 0 Å². The van der Waals surface area contributed by atoms with Crippen LogP contribution in [0.1, 0.15) is 28.8 Å². The first-order valence-electron chi connectivity index (χ1n) is 8.52. The number of fused-ring (bicyclic) bond motifs is 1. The van der Waals surface area contributed by atoms with Gasteiger partial charge in [-0.05, 0) is 47.9 Å². The summed E-state index contributed by atoms with van der Waals surface area (Å²) in [4.78, 5) is 5.71. The number of benzene rings is 1. The van der Waals surface area contributed by atoms with Gasteiger partial charge < -0.3 is 0 Å². The maximum Gasteiger partial charge on any atom is 0.0919 e. The molecule has 0 atom stereocenters. The van der Waals surface area contributed by atoms with E-state index >= 15 is 0 Å². The Labute approximate surface area is 152 Å². The summed E-state index contributed by atoms with van der Waals surface area (Å²) in [6.07, 6.45) is 6.46. The van der Waals surface area contributed by atoms with Crippen LogP contribution in [0.4, 0.5) is 0 Å². The molecule has 0 radical (unpaired) electrons. The lowest BCUT2D eigenvalue weighted by molar-refractivity contribution is 0.973. The maximum absolute atomic E-state index is 8.91. The molecular weight excluding hydrogens is 324 g/mol. The minimum atomic E-state index is 0.545. The Morgan fingerprint density at radius 1 is 1.08 bits per heavy atom. The Bertz CT molecular complexity index is 952. The van der Waals surface area contributed by atoms with Crippen LogP contribution in [0.3, 0.4) is 0 Å². The van der Waals surface area contributed by atoms with Crippen LogP contribution < -0.4 is 0 Å². The standard InChI is InChI=1S/C22H20N2S/c1-14-9-11-15(12-10-14)19-16-6-3-4-7-17(16)20(18-8-5-13-25-18)22(24-2)21(19)23/h4-5,7-13,23H,3,6H2,1-2H3. The summed E-state index contributed by atoms with van der Waals surface area (Å²) in [6, 6.07) is 12.7. The van der Waals surface area contributed by atoms with Crippen molar-refractivity contribution in [3.63, 3.8) is 0 Å². The summed E-state index contributed by atoms with van der Waals surface area (Å²) >= 11 is 1.71. The molecule has 1 N–H and O–H groups in total. The molecule has 0 spiro atoms. The number of allylic oxidation sites excluding steroid dienone is 6. The van der Waals surface area contributed by atoms with Gasteiger partial charge in [-0.2, -0.15) is 0 Å². The molecule has 0 saturated heterocycles. The second-order valence-corrected chi connectivity index (χ2v) is 7.32. The summed E-state index contributed by atoms with van der Waals surface area (Å²) in [5.41, 5.74) is 8.37. The Kier molecular flexibility index (Phi) is 4.10. The van der Waals surface area contributed by atoms with Crippen LogP contribution in [0.25, 0.3) is 11.1 Å². The number of rotatable bonds is 2. The molecule has 124 valence electrons. The number of aryl methyl sites for hydroxylation is 1. The van der Waals surface area contributed by atoms with Gasteiger partial charge in [0.15, 0.2) is 0 Å². The molecule has 1 aromatic heterocycles. The highest BCUT2D eigenvalue weighted by atomic mass is 32.1. The van der Waals surface area contributed by atoms with E-state index in [1.165, 1.54) is 21.6 Å². The fourth-order valence-corrected chi connectivity index (χ4v) is 4.40. The lowest BCUT2D eigenvalue weighted by Crippen LogP contribution is -2.24. The molecule has 0 aliphatic heterocycles. The van der Waals surface area contributed by atoms with Crippen LogP contribution in [-0.2, 0) is 0 Å². The van der Waals surface area contributed by atoms with Gasteiger partial charge in [-0.15, -0.1) is 11.3 Å². The zero-order chi connectivity index (χ0) is 17.4. The number of nitrogens with one attached hydrogen (secondary N) is 1. The quantitative estimate of drug-likeness (QED) is 0.677. The van der Waals surface area contributed by atoms with Gasteiger partial charge in [0, 0.05) is 23.1 Å². The number of hydrogen-bond acceptors (Lipinski definition) is 3. The zero-order valence-electron chi connectivity index (χ0n) is 14.5. The molecule has 2 aliphatic carbocycles. The molecule has 0 fully saturated rings. The summed E-state index contributed by atoms with van der Waals surface area (Å²) in [7, 11) is 1.79. The summed E-state index contributed by atoms with van der Waals surface area (Å²) in [5.74, 6) is 0. The molecule has 1 heterocycles. The van der Waals surface area contributed by atoms with Gasteiger partial charge in [0.2, 0.25) is 0 Å².